The fourth-order valence-corrected chi connectivity index (χ4v) is 1.67. The SMILES string of the molecule is CN(CC(C)(C)CN)C(=O)c1c(F)cccc1F.Cl. The molecule has 3 nitrogen and oxygen atoms in total. The van der Waals surface area contributed by atoms with Crippen molar-refractivity contribution in [3.63, 3.8) is 0 Å². The van der Waals surface area contributed by atoms with Crippen LogP contribution in [-0.4, -0.2) is 30.9 Å². The van der Waals surface area contributed by atoms with Crippen molar-refractivity contribution >= 4 is 18.3 Å². The van der Waals surface area contributed by atoms with Gasteiger partial charge in [0.1, 0.15) is 17.2 Å². The van der Waals surface area contributed by atoms with Crippen LogP contribution < -0.4 is 5.73 Å². The molecule has 0 bridgehead atoms. The minimum atomic E-state index is -0.850. The molecular formula is C13H19ClF2N2O. The first-order chi connectivity index (χ1) is 8.28. The molecule has 0 heterocycles. The predicted octanol–water partition coefficient (Wildman–Crippen LogP) is 2.44. The van der Waals surface area contributed by atoms with Crippen molar-refractivity contribution in [1.29, 1.82) is 0 Å². The third kappa shape index (κ3) is 4.44. The van der Waals surface area contributed by atoms with Gasteiger partial charge in [-0.3, -0.25) is 4.79 Å². The smallest absolute Gasteiger partial charge is 0.259 e. The summed E-state index contributed by atoms with van der Waals surface area (Å²) in [5, 5.41) is 0. The van der Waals surface area contributed by atoms with E-state index in [9.17, 15) is 13.6 Å². The van der Waals surface area contributed by atoms with Crippen LogP contribution in [0.3, 0.4) is 0 Å². The zero-order chi connectivity index (χ0) is 13.9. The predicted molar refractivity (Wildman–Crippen MR) is 73.4 cm³/mol. The van der Waals surface area contributed by atoms with Gasteiger partial charge in [0.05, 0.1) is 0 Å². The maximum Gasteiger partial charge on any atom is 0.259 e. The molecule has 0 aliphatic heterocycles. The van der Waals surface area contributed by atoms with Gasteiger partial charge in [-0.1, -0.05) is 19.9 Å². The lowest BCUT2D eigenvalue weighted by Crippen LogP contribution is -2.40. The Morgan fingerprint density at radius 2 is 1.79 bits per heavy atom. The highest BCUT2D eigenvalue weighted by atomic mass is 35.5. The number of hydrogen-bond donors (Lipinski definition) is 1. The van der Waals surface area contributed by atoms with E-state index in [1.165, 1.54) is 18.0 Å². The van der Waals surface area contributed by atoms with E-state index in [1.807, 2.05) is 13.8 Å². The summed E-state index contributed by atoms with van der Waals surface area (Å²) in [6.07, 6.45) is 0. The van der Waals surface area contributed by atoms with E-state index >= 15 is 0 Å². The number of carbonyl (C=O) groups excluding carboxylic acids is 1. The molecule has 0 unspecified atom stereocenters. The highest BCUT2D eigenvalue weighted by Gasteiger charge is 2.25. The Hall–Kier alpha value is -1.20. The molecule has 0 aromatic heterocycles. The summed E-state index contributed by atoms with van der Waals surface area (Å²) >= 11 is 0. The van der Waals surface area contributed by atoms with Gasteiger partial charge in [-0.15, -0.1) is 12.4 Å². The Morgan fingerprint density at radius 3 is 2.21 bits per heavy atom. The van der Waals surface area contributed by atoms with Crippen LogP contribution in [0.25, 0.3) is 0 Å². The molecule has 0 fully saturated rings. The molecule has 0 radical (unpaired) electrons. The summed E-state index contributed by atoms with van der Waals surface area (Å²) in [5.74, 6) is -2.37. The largest absolute Gasteiger partial charge is 0.341 e. The van der Waals surface area contributed by atoms with E-state index in [0.29, 0.717) is 13.1 Å². The monoisotopic (exact) mass is 292 g/mol. The lowest BCUT2D eigenvalue weighted by Gasteiger charge is -2.29. The molecule has 0 spiro atoms. The quantitative estimate of drug-likeness (QED) is 0.926. The molecule has 108 valence electrons. The number of amides is 1. The minimum Gasteiger partial charge on any atom is -0.341 e. The normalized spacial score (nSPS) is 10.8. The van der Waals surface area contributed by atoms with Crippen molar-refractivity contribution in [2.45, 2.75) is 13.8 Å². The summed E-state index contributed by atoms with van der Waals surface area (Å²) in [6, 6.07) is 3.36. The number of benzene rings is 1. The number of halogens is 3. The van der Waals surface area contributed by atoms with E-state index in [1.54, 1.807) is 0 Å². The summed E-state index contributed by atoms with van der Waals surface area (Å²) < 4.78 is 26.9. The van der Waals surface area contributed by atoms with Gasteiger partial charge in [0.2, 0.25) is 0 Å². The first kappa shape index (κ1) is 17.8. The molecule has 1 aromatic carbocycles. The van der Waals surface area contributed by atoms with Crippen LogP contribution in [0.1, 0.15) is 24.2 Å². The third-order valence-corrected chi connectivity index (χ3v) is 2.74. The maximum atomic E-state index is 13.5. The highest BCUT2D eigenvalue weighted by molar-refractivity contribution is 5.94. The van der Waals surface area contributed by atoms with E-state index < -0.39 is 23.1 Å². The van der Waals surface area contributed by atoms with Crippen LogP contribution in [0.15, 0.2) is 18.2 Å². The molecule has 1 amide bonds. The number of carbonyl (C=O) groups is 1. The molecule has 0 aliphatic carbocycles. The van der Waals surface area contributed by atoms with Gasteiger partial charge >= 0.3 is 0 Å². The number of rotatable bonds is 4. The van der Waals surface area contributed by atoms with Gasteiger partial charge < -0.3 is 10.6 Å². The van der Waals surface area contributed by atoms with Crippen molar-refractivity contribution in [3.8, 4) is 0 Å². The number of hydrogen-bond acceptors (Lipinski definition) is 2. The molecule has 1 rings (SSSR count). The standard InChI is InChI=1S/C13H18F2N2O.ClH/c1-13(2,7-16)8-17(3)12(18)11-9(14)5-4-6-10(11)15;/h4-6H,7-8,16H2,1-3H3;1H. The van der Waals surface area contributed by atoms with Crippen LogP contribution in [-0.2, 0) is 0 Å². The van der Waals surface area contributed by atoms with Crippen LogP contribution >= 0.6 is 12.4 Å². The summed E-state index contributed by atoms with van der Waals surface area (Å²) in [4.78, 5) is 13.3. The van der Waals surface area contributed by atoms with Crippen molar-refractivity contribution in [1.82, 2.24) is 4.90 Å². The van der Waals surface area contributed by atoms with E-state index in [0.717, 1.165) is 12.1 Å². The average Bonchev–Trinajstić information content (AvgIpc) is 2.28. The molecule has 19 heavy (non-hydrogen) atoms. The maximum absolute atomic E-state index is 13.5. The number of nitrogens with zero attached hydrogens (tertiary/aromatic N) is 1. The summed E-state index contributed by atoms with van der Waals surface area (Å²) in [6.45, 7) is 4.48. The first-order valence-corrected chi connectivity index (χ1v) is 5.68. The van der Waals surface area contributed by atoms with Crippen molar-refractivity contribution < 1.29 is 13.6 Å². The second-order valence-corrected chi connectivity index (χ2v) is 5.13. The fourth-order valence-electron chi connectivity index (χ4n) is 1.67. The Morgan fingerprint density at radius 1 is 1.32 bits per heavy atom. The molecule has 1 aromatic rings. The Bertz CT molecular complexity index is 432. The van der Waals surface area contributed by atoms with Crippen LogP contribution in [0.5, 0.6) is 0 Å². The van der Waals surface area contributed by atoms with Gasteiger partial charge in [-0.05, 0) is 24.1 Å². The van der Waals surface area contributed by atoms with Crippen molar-refractivity contribution in [3.05, 3.63) is 35.4 Å². The van der Waals surface area contributed by atoms with Crippen molar-refractivity contribution in [2.24, 2.45) is 11.1 Å². The molecular weight excluding hydrogens is 274 g/mol. The Labute approximate surface area is 118 Å². The Kier molecular flexibility index (Phi) is 6.39. The second-order valence-electron chi connectivity index (χ2n) is 5.13. The van der Waals surface area contributed by atoms with Gasteiger partial charge in [0.25, 0.3) is 5.91 Å². The minimum absolute atomic E-state index is 0. The molecule has 0 saturated carbocycles. The highest BCUT2D eigenvalue weighted by Crippen LogP contribution is 2.18. The summed E-state index contributed by atoms with van der Waals surface area (Å²) in [7, 11) is 1.51. The van der Waals surface area contributed by atoms with Gasteiger partial charge in [-0.2, -0.15) is 0 Å². The Balaban J connectivity index is 0.00000324. The third-order valence-electron chi connectivity index (χ3n) is 2.74. The molecule has 6 heteroatoms. The topological polar surface area (TPSA) is 46.3 Å². The number of nitrogens with two attached hydrogens (primary N) is 1. The van der Waals surface area contributed by atoms with Gasteiger partial charge in [-0.25, -0.2) is 8.78 Å². The van der Waals surface area contributed by atoms with E-state index in [4.69, 9.17) is 5.73 Å². The van der Waals surface area contributed by atoms with Crippen molar-refractivity contribution in [2.75, 3.05) is 20.1 Å². The van der Waals surface area contributed by atoms with Crippen LogP contribution in [0, 0.1) is 17.0 Å². The second kappa shape index (κ2) is 6.82. The lowest BCUT2D eigenvalue weighted by molar-refractivity contribution is 0.0731. The molecule has 0 atom stereocenters. The molecule has 2 N–H and O–H groups in total. The first-order valence-electron chi connectivity index (χ1n) is 5.68. The van der Waals surface area contributed by atoms with E-state index in [2.05, 4.69) is 0 Å². The van der Waals surface area contributed by atoms with Gasteiger partial charge in [0, 0.05) is 13.6 Å². The summed E-state index contributed by atoms with van der Waals surface area (Å²) in [5.41, 5.74) is 4.75. The average molecular weight is 293 g/mol. The van der Waals surface area contributed by atoms with Crippen LogP contribution in [0.4, 0.5) is 8.78 Å². The zero-order valence-electron chi connectivity index (χ0n) is 11.2. The van der Waals surface area contributed by atoms with Crippen LogP contribution in [0.2, 0.25) is 0 Å². The fraction of sp³-hybridized carbons (Fsp3) is 0.462. The zero-order valence-corrected chi connectivity index (χ0v) is 12.1. The van der Waals surface area contributed by atoms with E-state index in [-0.39, 0.29) is 17.8 Å². The van der Waals surface area contributed by atoms with Gasteiger partial charge in [0.15, 0.2) is 0 Å². The lowest BCUT2D eigenvalue weighted by atomic mass is 9.93. The molecule has 0 aliphatic rings. The molecule has 0 saturated heterocycles.